The van der Waals surface area contributed by atoms with E-state index in [0.29, 0.717) is 32.3 Å². The van der Waals surface area contributed by atoms with Crippen molar-refractivity contribution in [2.75, 3.05) is 39.6 Å². The van der Waals surface area contributed by atoms with Crippen molar-refractivity contribution in [3.8, 4) is 0 Å². The summed E-state index contributed by atoms with van der Waals surface area (Å²) in [7, 11) is 0. The average molecular weight is 270 g/mol. The fourth-order valence-electron chi connectivity index (χ4n) is 2.82. The first-order valence-electron chi connectivity index (χ1n) is 6.89. The monoisotopic (exact) mass is 270 g/mol. The molecular formula is C14H22O5. The van der Waals surface area contributed by atoms with Gasteiger partial charge in [-0.2, -0.15) is 0 Å². The van der Waals surface area contributed by atoms with Crippen LogP contribution in [0.3, 0.4) is 0 Å². The Kier molecular flexibility index (Phi) is 5.82. The minimum Gasteiger partial charge on any atom is -0.480 e. The van der Waals surface area contributed by atoms with Gasteiger partial charge in [0.1, 0.15) is 6.61 Å². The Morgan fingerprint density at radius 3 is 2.42 bits per heavy atom. The van der Waals surface area contributed by atoms with Gasteiger partial charge in [0.2, 0.25) is 0 Å². The number of rotatable bonds is 10. The zero-order valence-electron chi connectivity index (χ0n) is 11.1. The summed E-state index contributed by atoms with van der Waals surface area (Å²) in [6.45, 7) is 2.41. The molecule has 1 saturated carbocycles. The van der Waals surface area contributed by atoms with Gasteiger partial charge in [0.15, 0.2) is 0 Å². The average Bonchev–Trinajstić information content (AvgIpc) is 2.98. The van der Waals surface area contributed by atoms with E-state index in [1.165, 1.54) is 12.8 Å². The van der Waals surface area contributed by atoms with Crippen molar-refractivity contribution in [3.63, 3.8) is 0 Å². The topological polar surface area (TPSA) is 65.0 Å². The molecule has 3 unspecified atom stereocenters. The standard InChI is InChI=1S/C14H22O5/c15-14(16)10-19-6-4-17-3-5-18-9-13-8-11-1-2-12(13)7-11/h1-2,11-13H,3-10H2,(H,15,16). The molecule has 0 saturated heterocycles. The normalized spacial score (nSPS) is 28.1. The minimum absolute atomic E-state index is 0.266. The number of aliphatic carboxylic acids is 1. The van der Waals surface area contributed by atoms with Crippen LogP contribution in [-0.2, 0) is 19.0 Å². The highest BCUT2D eigenvalue weighted by Crippen LogP contribution is 2.43. The molecule has 5 nitrogen and oxygen atoms in total. The van der Waals surface area contributed by atoms with Crippen LogP contribution in [0.1, 0.15) is 12.8 Å². The zero-order chi connectivity index (χ0) is 13.5. The van der Waals surface area contributed by atoms with Crippen molar-refractivity contribution in [2.24, 2.45) is 17.8 Å². The summed E-state index contributed by atoms with van der Waals surface area (Å²) in [5, 5.41) is 8.34. The summed E-state index contributed by atoms with van der Waals surface area (Å²) in [4.78, 5) is 10.2. The smallest absolute Gasteiger partial charge is 0.329 e. The van der Waals surface area contributed by atoms with Gasteiger partial charge < -0.3 is 19.3 Å². The largest absolute Gasteiger partial charge is 0.480 e. The van der Waals surface area contributed by atoms with Gasteiger partial charge in [0.25, 0.3) is 0 Å². The van der Waals surface area contributed by atoms with E-state index in [1.54, 1.807) is 0 Å². The van der Waals surface area contributed by atoms with E-state index < -0.39 is 5.97 Å². The summed E-state index contributed by atoms with van der Waals surface area (Å²) in [5.74, 6) is 1.26. The van der Waals surface area contributed by atoms with Crippen LogP contribution in [0.25, 0.3) is 0 Å². The van der Waals surface area contributed by atoms with Crippen molar-refractivity contribution in [1.29, 1.82) is 0 Å². The molecule has 0 aromatic heterocycles. The molecule has 0 aliphatic heterocycles. The van der Waals surface area contributed by atoms with E-state index in [0.717, 1.165) is 18.4 Å². The van der Waals surface area contributed by atoms with Gasteiger partial charge in [-0.1, -0.05) is 12.2 Å². The van der Waals surface area contributed by atoms with Crippen LogP contribution in [0.15, 0.2) is 12.2 Å². The number of ether oxygens (including phenoxy) is 3. The van der Waals surface area contributed by atoms with Gasteiger partial charge in [-0.15, -0.1) is 0 Å². The molecule has 0 radical (unpaired) electrons. The van der Waals surface area contributed by atoms with Crippen LogP contribution >= 0.6 is 0 Å². The maximum atomic E-state index is 10.2. The van der Waals surface area contributed by atoms with Crippen molar-refractivity contribution in [2.45, 2.75) is 12.8 Å². The molecule has 3 atom stereocenters. The second kappa shape index (κ2) is 7.62. The van der Waals surface area contributed by atoms with Crippen LogP contribution in [-0.4, -0.2) is 50.7 Å². The van der Waals surface area contributed by atoms with Crippen LogP contribution < -0.4 is 0 Å². The van der Waals surface area contributed by atoms with Gasteiger partial charge in [0, 0.05) is 0 Å². The number of carboxylic acid groups (broad SMARTS) is 1. The minimum atomic E-state index is -0.955. The first kappa shape index (κ1) is 14.5. The lowest BCUT2D eigenvalue weighted by molar-refractivity contribution is -0.142. The lowest BCUT2D eigenvalue weighted by atomic mass is 9.95. The molecule has 0 spiro atoms. The summed E-state index contributed by atoms with van der Waals surface area (Å²) >= 11 is 0. The molecule has 1 N–H and O–H groups in total. The van der Waals surface area contributed by atoms with Crippen molar-refractivity contribution in [1.82, 2.24) is 0 Å². The summed E-state index contributed by atoms with van der Waals surface area (Å²) < 4.78 is 15.7. The molecule has 0 amide bonds. The van der Waals surface area contributed by atoms with E-state index in [4.69, 9.17) is 19.3 Å². The molecule has 2 aliphatic carbocycles. The lowest BCUT2D eigenvalue weighted by Crippen LogP contribution is -2.17. The predicted molar refractivity (Wildman–Crippen MR) is 68.9 cm³/mol. The first-order valence-corrected chi connectivity index (χ1v) is 6.89. The molecule has 5 heteroatoms. The van der Waals surface area contributed by atoms with Gasteiger partial charge in [-0.3, -0.25) is 0 Å². The van der Waals surface area contributed by atoms with Crippen LogP contribution in [0, 0.1) is 17.8 Å². The number of allylic oxidation sites excluding steroid dienone is 2. The summed E-state index contributed by atoms with van der Waals surface area (Å²) in [6.07, 6.45) is 7.25. The highest BCUT2D eigenvalue weighted by molar-refractivity contribution is 5.67. The highest BCUT2D eigenvalue weighted by atomic mass is 16.5. The predicted octanol–water partition coefficient (Wildman–Crippen LogP) is 1.33. The Hall–Kier alpha value is -0.910. The fourth-order valence-corrected chi connectivity index (χ4v) is 2.82. The molecule has 0 aromatic carbocycles. The van der Waals surface area contributed by atoms with Gasteiger partial charge in [-0.05, 0) is 30.6 Å². The number of hydrogen-bond acceptors (Lipinski definition) is 4. The SMILES string of the molecule is O=C(O)COCCOCCOCC1CC2C=CC1C2. The Morgan fingerprint density at radius 2 is 1.79 bits per heavy atom. The molecule has 0 heterocycles. The van der Waals surface area contributed by atoms with E-state index >= 15 is 0 Å². The lowest BCUT2D eigenvalue weighted by Gasteiger charge is -2.17. The Morgan fingerprint density at radius 1 is 1.05 bits per heavy atom. The third kappa shape index (κ3) is 4.93. The maximum Gasteiger partial charge on any atom is 0.329 e. The summed E-state index contributed by atoms with van der Waals surface area (Å²) in [6, 6.07) is 0. The van der Waals surface area contributed by atoms with E-state index in [2.05, 4.69) is 12.2 Å². The molecule has 2 bridgehead atoms. The third-order valence-electron chi connectivity index (χ3n) is 3.72. The van der Waals surface area contributed by atoms with Crippen LogP contribution in [0.5, 0.6) is 0 Å². The second-order valence-electron chi connectivity index (χ2n) is 5.17. The van der Waals surface area contributed by atoms with Gasteiger partial charge in [-0.25, -0.2) is 4.79 Å². The fraction of sp³-hybridized carbons (Fsp3) is 0.786. The van der Waals surface area contributed by atoms with Crippen LogP contribution in [0.2, 0.25) is 0 Å². The zero-order valence-corrected chi connectivity index (χ0v) is 11.1. The Bertz CT molecular complexity index is 315. The van der Waals surface area contributed by atoms with Crippen LogP contribution in [0.4, 0.5) is 0 Å². The van der Waals surface area contributed by atoms with E-state index in [9.17, 15) is 4.79 Å². The molecule has 2 rings (SSSR count). The second-order valence-corrected chi connectivity index (χ2v) is 5.17. The quantitative estimate of drug-likeness (QED) is 0.479. The van der Waals surface area contributed by atoms with Crippen molar-refractivity contribution in [3.05, 3.63) is 12.2 Å². The first-order chi connectivity index (χ1) is 9.25. The highest BCUT2D eigenvalue weighted by Gasteiger charge is 2.35. The molecule has 1 fully saturated rings. The molecular weight excluding hydrogens is 248 g/mol. The molecule has 0 aromatic rings. The van der Waals surface area contributed by atoms with E-state index in [1.807, 2.05) is 0 Å². The number of carbonyl (C=O) groups is 1. The Balaban J connectivity index is 1.37. The van der Waals surface area contributed by atoms with E-state index in [-0.39, 0.29) is 6.61 Å². The van der Waals surface area contributed by atoms with Crippen molar-refractivity contribution < 1.29 is 24.1 Å². The molecule has 2 aliphatic rings. The molecule has 108 valence electrons. The van der Waals surface area contributed by atoms with Gasteiger partial charge >= 0.3 is 5.97 Å². The summed E-state index contributed by atoms with van der Waals surface area (Å²) in [5.41, 5.74) is 0. The number of fused-ring (bicyclic) bond motifs is 2. The molecule has 19 heavy (non-hydrogen) atoms. The maximum absolute atomic E-state index is 10.2. The van der Waals surface area contributed by atoms with Gasteiger partial charge in [0.05, 0.1) is 33.0 Å². The van der Waals surface area contributed by atoms with Crippen molar-refractivity contribution >= 4 is 5.97 Å². The number of hydrogen-bond donors (Lipinski definition) is 1. The number of carboxylic acids is 1. The third-order valence-corrected chi connectivity index (χ3v) is 3.72. The Labute approximate surface area is 113 Å².